The number of halogens is 1. The Morgan fingerprint density at radius 2 is 2.30 bits per heavy atom. The molecule has 114 valence electrons. The molecule has 8 heteroatoms. The van der Waals surface area contributed by atoms with Crippen molar-refractivity contribution in [2.75, 3.05) is 24.7 Å². The van der Waals surface area contributed by atoms with Crippen LogP contribution in [-0.2, 0) is 17.1 Å². The minimum Gasteiger partial charge on any atom is -0.320 e. The first-order valence-corrected chi connectivity index (χ1v) is 8.96. The molecule has 1 aromatic heterocycles. The second-order valence-electron chi connectivity index (χ2n) is 5.54. The lowest BCUT2D eigenvalue weighted by Crippen LogP contribution is -2.42. The number of aryl methyl sites for hydroxylation is 1. The van der Waals surface area contributed by atoms with Crippen molar-refractivity contribution in [3.8, 4) is 0 Å². The van der Waals surface area contributed by atoms with Crippen molar-refractivity contribution in [2.45, 2.75) is 25.7 Å². The number of hydrogen-bond donors (Lipinski definition) is 0. The summed E-state index contributed by atoms with van der Waals surface area (Å²) in [5.74, 6) is 1.42. The summed E-state index contributed by atoms with van der Waals surface area (Å²) in [4.78, 5) is 0. The van der Waals surface area contributed by atoms with E-state index in [1.165, 1.54) is 0 Å². The third kappa shape index (κ3) is 3.51. The van der Waals surface area contributed by atoms with Crippen LogP contribution in [0.4, 0.5) is 0 Å². The van der Waals surface area contributed by atoms with E-state index in [0.29, 0.717) is 19.0 Å². The van der Waals surface area contributed by atoms with Gasteiger partial charge in [0, 0.05) is 31.9 Å². The van der Waals surface area contributed by atoms with Crippen LogP contribution < -0.4 is 0 Å². The van der Waals surface area contributed by atoms with E-state index < -0.39 is 10.0 Å². The Labute approximate surface area is 125 Å². The highest BCUT2D eigenvalue weighted by atomic mass is 35.5. The van der Waals surface area contributed by atoms with Crippen LogP contribution in [-0.4, -0.2) is 52.2 Å². The number of aromatic nitrogens is 3. The Morgan fingerprint density at radius 1 is 1.55 bits per heavy atom. The first-order chi connectivity index (χ1) is 9.44. The fourth-order valence-electron chi connectivity index (χ4n) is 2.58. The van der Waals surface area contributed by atoms with Gasteiger partial charge >= 0.3 is 0 Å². The largest absolute Gasteiger partial charge is 0.320 e. The molecule has 2 heterocycles. The van der Waals surface area contributed by atoms with Gasteiger partial charge < -0.3 is 4.57 Å². The lowest BCUT2D eigenvalue weighted by Gasteiger charge is -2.31. The third-order valence-corrected chi connectivity index (χ3v) is 6.28. The van der Waals surface area contributed by atoms with Crippen LogP contribution in [0.2, 0.25) is 0 Å². The van der Waals surface area contributed by atoms with Crippen molar-refractivity contribution in [2.24, 2.45) is 13.0 Å². The zero-order chi connectivity index (χ0) is 14.8. The molecular weight excluding hydrogens is 300 g/mol. The number of nitrogens with zero attached hydrogens (tertiary/aromatic N) is 4. The van der Waals surface area contributed by atoms with E-state index in [4.69, 9.17) is 11.6 Å². The maximum atomic E-state index is 12.4. The van der Waals surface area contributed by atoms with Crippen molar-refractivity contribution in [1.29, 1.82) is 0 Å². The van der Waals surface area contributed by atoms with Crippen molar-refractivity contribution in [1.82, 2.24) is 19.1 Å². The van der Waals surface area contributed by atoms with Gasteiger partial charge in [-0.15, -0.1) is 21.8 Å². The molecule has 0 radical (unpaired) electrons. The maximum Gasteiger partial charge on any atom is 0.214 e. The normalized spacial score (nSPS) is 22.9. The van der Waals surface area contributed by atoms with E-state index in [1.54, 1.807) is 10.6 Å². The van der Waals surface area contributed by atoms with Crippen LogP contribution in [0.3, 0.4) is 0 Å². The minimum absolute atomic E-state index is 0.0307. The number of rotatable bonds is 5. The molecule has 0 bridgehead atoms. The molecule has 2 rings (SSSR count). The van der Waals surface area contributed by atoms with Crippen molar-refractivity contribution < 1.29 is 8.42 Å². The Hall–Kier alpha value is -0.660. The topological polar surface area (TPSA) is 68.1 Å². The van der Waals surface area contributed by atoms with Gasteiger partial charge in [-0.3, -0.25) is 0 Å². The van der Waals surface area contributed by atoms with E-state index in [-0.39, 0.29) is 17.6 Å². The molecule has 1 fully saturated rings. The van der Waals surface area contributed by atoms with E-state index in [0.717, 1.165) is 18.7 Å². The number of sulfonamides is 1. The van der Waals surface area contributed by atoms with Gasteiger partial charge in [0.1, 0.15) is 12.2 Å². The molecule has 0 aromatic carbocycles. The third-order valence-electron chi connectivity index (χ3n) is 3.65. The van der Waals surface area contributed by atoms with Gasteiger partial charge in [-0.1, -0.05) is 6.92 Å². The minimum atomic E-state index is -3.24. The molecule has 2 atom stereocenters. The molecular formula is C12H21ClN4O2S. The van der Waals surface area contributed by atoms with Crippen molar-refractivity contribution in [3.63, 3.8) is 0 Å². The predicted molar refractivity (Wildman–Crippen MR) is 78.2 cm³/mol. The zero-order valence-electron chi connectivity index (χ0n) is 11.9. The summed E-state index contributed by atoms with van der Waals surface area (Å²) in [6, 6.07) is 0. The van der Waals surface area contributed by atoms with Gasteiger partial charge in [0.2, 0.25) is 10.0 Å². The highest BCUT2D eigenvalue weighted by Crippen LogP contribution is 2.27. The Morgan fingerprint density at radius 3 is 2.90 bits per heavy atom. The van der Waals surface area contributed by atoms with Crippen LogP contribution in [0.1, 0.15) is 31.5 Å². The standard InChI is InChI=1S/C12H21ClN4O2S/c1-10(6-13)8-20(18,19)17-5-3-4-11(7-17)12-15-14-9-16(12)2/h9-11H,3-8H2,1-2H3. The van der Waals surface area contributed by atoms with Gasteiger partial charge in [-0.05, 0) is 18.8 Å². The highest BCUT2D eigenvalue weighted by molar-refractivity contribution is 7.89. The summed E-state index contributed by atoms with van der Waals surface area (Å²) in [5, 5.41) is 7.98. The highest BCUT2D eigenvalue weighted by Gasteiger charge is 2.32. The lowest BCUT2D eigenvalue weighted by atomic mass is 9.99. The second kappa shape index (κ2) is 6.41. The zero-order valence-corrected chi connectivity index (χ0v) is 13.4. The molecule has 1 saturated heterocycles. The van der Waals surface area contributed by atoms with E-state index in [2.05, 4.69) is 10.2 Å². The smallest absolute Gasteiger partial charge is 0.214 e. The van der Waals surface area contributed by atoms with E-state index >= 15 is 0 Å². The Balaban J connectivity index is 2.09. The first-order valence-electron chi connectivity index (χ1n) is 6.81. The quantitative estimate of drug-likeness (QED) is 0.764. The van der Waals surface area contributed by atoms with E-state index in [9.17, 15) is 8.42 Å². The van der Waals surface area contributed by atoms with Crippen LogP contribution >= 0.6 is 11.6 Å². The van der Waals surface area contributed by atoms with Crippen LogP contribution in [0.5, 0.6) is 0 Å². The molecule has 1 aliphatic heterocycles. The molecule has 1 aromatic rings. The summed E-state index contributed by atoms with van der Waals surface area (Å²) in [6.45, 7) is 2.93. The molecule has 0 amide bonds. The van der Waals surface area contributed by atoms with Crippen LogP contribution in [0.15, 0.2) is 6.33 Å². The van der Waals surface area contributed by atoms with E-state index in [1.807, 2.05) is 18.5 Å². The number of alkyl halides is 1. The van der Waals surface area contributed by atoms with Gasteiger partial charge in [-0.25, -0.2) is 12.7 Å². The van der Waals surface area contributed by atoms with Crippen molar-refractivity contribution >= 4 is 21.6 Å². The SMILES string of the molecule is CC(CCl)CS(=O)(=O)N1CCCC(c2nncn2C)C1. The summed E-state index contributed by atoms with van der Waals surface area (Å²) in [5.41, 5.74) is 0. The van der Waals surface area contributed by atoms with Crippen LogP contribution in [0, 0.1) is 5.92 Å². The Kier molecular flexibility index (Phi) is 5.04. The van der Waals surface area contributed by atoms with Gasteiger partial charge in [-0.2, -0.15) is 0 Å². The molecule has 0 aliphatic carbocycles. The summed E-state index contributed by atoms with van der Waals surface area (Å²) in [7, 11) is -1.35. The van der Waals surface area contributed by atoms with Crippen LogP contribution in [0.25, 0.3) is 0 Å². The first kappa shape index (κ1) is 15.7. The average molecular weight is 321 g/mol. The van der Waals surface area contributed by atoms with Crippen molar-refractivity contribution in [3.05, 3.63) is 12.2 Å². The number of piperidine rings is 1. The fraction of sp³-hybridized carbons (Fsp3) is 0.833. The monoisotopic (exact) mass is 320 g/mol. The molecule has 0 saturated carbocycles. The molecule has 1 aliphatic rings. The molecule has 20 heavy (non-hydrogen) atoms. The Bertz CT molecular complexity index is 545. The van der Waals surface area contributed by atoms with Gasteiger partial charge in [0.25, 0.3) is 0 Å². The van der Waals surface area contributed by atoms with Gasteiger partial charge in [0.05, 0.1) is 5.75 Å². The number of hydrogen-bond acceptors (Lipinski definition) is 4. The summed E-state index contributed by atoms with van der Waals surface area (Å²) in [6.07, 6.45) is 3.45. The summed E-state index contributed by atoms with van der Waals surface area (Å²) < 4.78 is 28.2. The molecule has 0 spiro atoms. The van der Waals surface area contributed by atoms with Gasteiger partial charge in [0.15, 0.2) is 0 Å². The summed E-state index contributed by atoms with van der Waals surface area (Å²) >= 11 is 5.72. The molecule has 2 unspecified atom stereocenters. The predicted octanol–water partition coefficient (Wildman–Crippen LogP) is 1.20. The lowest BCUT2D eigenvalue weighted by molar-refractivity contribution is 0.304. The fourth-order valence-corrected chi connectivity index (χ4v) is 4.68. The second-order valence-corrected chi connectivity index (χ2v) is 7.86. The average Bonchev–Trinajstić information content (AvgIpc) is 2.84. The molecule has 0 N–H and O–H groups in total. The maximum absolute atomic E-state index is 12.4. The molecule has 6 nitrogen and oxygen atoms in total.